The van der Waals surface area contributed by atoms with Crippen molar-refractivity contribution in [2.45, 2.75) is 13.1 Å². The summed E-state index contributed by atoms with van der Waals surface area (Å²) < 4.78 is 3.78. The van der Waals surface area contributed by atoms with Crippen LogP contribution in [0.25, 0.3) is 5.69 Å². The van der Waals surface area contributed by atoms with Crippen LogP contribution in [-0.2, 0) is 20.1 Å². The monoisotopic (exact) mass is 268 g/mol. The van der Waals surface area contributed by atoms with E-state index in [1.54, 1.807) is 11.0 Å². The average molecular weight is 268 g/mol. The van der Waals surface area contributed by atoms with Crippen LogP contribution in [0.4, 0.5) is 0 Å². The average Bonchev–Trinajstić information content (AvgIpc) is 3.09. The van der Waals surface area contributed by atoms with E-state index in [-0.39, 0.29) is 0 Å². The number of nitrogens with zero attached hydrogens (tertiary/aromatic N) is 5. The van der Waals surface area contributed by atoms with Gasteiger partial charge in [0.1, 0.15) is 6.33 Å². The molecule has 6 heteroatoms. The fourth-order valence-corrected chi connectivity index (χ4v) is 2.07. The van der Waals surface area contributed by atoms with Crippen molar-refractivity contribution in [3.63, 3.8) is 0 Å². The van der Waals surface area contributed by atoms with Crippen LogP contribution in [-0.4, -0.2) is 24.5 Å². The number of aryl methyl sites for hydroxylation is 1. The number of benzene rings is 1. The van der Waals surface area contributed by atoms with Crippen LogP contribution in [0.5, 0.6) is 0 Å². The highest BCUT2D eigenvalue weighted by molar-refractivity contribution is 5.31. The van der Waals surface area contributed by atoms with Crippen LogP contribution >= 0.6 is 0 Å². The first-order chi connectivity index (χ1) is 9.83. The van der Waals surface area contributed by atoms with Gasteiger partial charge in [0.15, 0.2) is 5.82 Å². The Bertz CT molecular complexity index is 670. The lowest BCUT2D eigenvalue weighted by molar-refractivity contribution is 0.651. The molecule has 0 atom stereocenters. The third kappa shape index (κ3) is 2.75. The van der Waals surface area contributed by atoms with Crippen molar-refractivity contribution in [1.82, 2.24) is 29.9 Å². The van der Waals surface area contributed by atoms with Gasteiger partial charge in [-0.1, -0.05) is 18.2 Å². The molecule has 1 aromatic carbocycles. The van der Waals surface area contributed by atoms with Crippen molar-refractivity contribution < 1.29 is 0 Å². The molecule has 3 rings (SSSR count). The third-order valence-corrected chi connectivity index (χ3v) is 3.02. The Balaban J connectivity index is 1.65. The van der Waals surface area contributed by atoms with E-state index in [2.05, 4.69) is 20.6 Å². The van der Waals surface area contributed by atoms with E-state index >= 15 is 0 Å². The molecule has 0 radical (unpaired) electrons. The van der Waals surface area contributed by atoms with Gasteiger partial charge in [-0.25, -0.2) is 0 Å². The summed E-state index contributed by atoms with van der Waals surface area (Å²) in [5, 5.41) is 15.6. The highest BCUT2D eigenvalue weighted by atomic mass is 15.3. The van der Waals surface area contributed by atoms with Gasteiger partial charge in [0.2, 0.25) is 0 Å². The molecule has 3 aromatic rings. The maximum atomic E-state index is 4.16. The first-order valence-electron chi connectivity index (χ1n) is 6.45. The van der Waals surface area contributed by atoms with Gasteiger partial charge >= 0.3 is 0 Å². The predicted octanol–water partition coefficient (Wildman–Crippen LogP) is 1.29. The van der Waals surface area contributed by atoms with E-state index in [0.29, 0.717) is 6.54 Å². The summed E-state index contributed by atoms with van der Waals surface area (Å²) in [5.41, 5.74) is 2.22. The number of aromatic nitrogens is 5. The zero-order valence-electron chi connectivity index (χ0n) is 11.3. The first-order valence-corrected chi connectivity index (χ1v) is 6.45. The van der Waals surface area contributed by atoms with Gasteiger partial charge in [0, 0.05) is 31.0 Å². The maximum absolute atomic E-state index is 4.16. The number of hydrogen-bond acceptors (Lipinski definition) is 4. The van der Waals surface area contributed by atoms with Crippen LogP contribution < -0.4 is 5.32 Å². The van der Waals surface area contributed by atoms with Crippen LogP contribution in [0.15, 0.2) is 49.1 Å². The van der Waals surface area contributed by atoms with Crippen LogP contribution in [0.1, 0.15) is 11.4 Å². The number of para-hydroxylation sites is 1. The molecule has 2 aromatic heterocycles. The minimum atomic E-state index is 0.657. The van der Waals surface area contributed by atoms with Crippen molar-refractivity contribution in [3.05, 3.63) is 60.4 Å². The van der Waals surface area contributed by atoms with E-state index in [9.17, 15) is 0 Å². The number of rotatable bonds is 5. The van der Waals surface area contributed by atoms with E-state index in [4.69, 9.17) is 0 Å². The van der Waals surface area contributed by atoms with E-state index in [1.165, 1.54) is 0 Å². The molecular weight excluding hydrogens is 252 g/mol. The second-order valence-electron chi connectivity index (χ2n) is 4.58. The molecule has 0 unspecified atom stereocenters. The van der Waals surface area contributed by atoms with Crippen molar-refractivity contribution in [3.8, 4) is 5.69 Å². The molecule has 0 aliphatic rings. The van der Waals surface area contributed by atoms with Crippen molar-refractivity contribution in [1.29, 1.82) is 0 Å². The molecule has 2 heterocycles. The fraction of sp³-hybridized carbons (Fsp3) is 0.214. The summed E-state index contributed by atoms with van der Waals surface area (Å²) in [4.78, 5) is 0. The molecule has 0 spiro atoms. The number of hydrogen-bond donors (Lipinski definition) is 1. The summed E-state index contributed by atoms with van der Waals surface area (Å²) in [6.45, 7) is 1.42. The predicted molar refractivity (Wildman–Crippen MR) is 75.1 cm³/mol. The van der Waals surface area contributed by atoms with Gasteiger partial charge < -0.3 is 5.32 Å². The highest BCUT2D eigenvalue weighted by Gasteiger charge is 2.05. The largest absolute Gasteiger partial charge is 0.306 e. The van der Waals surface area contributed by atoms with Crippen LogP contribution in [0.3, 0.4) is 0 Å². The van der Waals surface area contributed by atoms with Gasteiger partial charge in [-0.15, -0.1) is 10.2 Å². The Kier molecular flexibility index (Phi) is 3.56. The quantitative estimate of drug-likeness (QED) is 0.757. The smallest absolute Gasteiger partial charge is 0.151 e. The van der Waals surface area contributed by atoms with Crippen LogP contribution in [0.2, 0.25) is 0 Å². The molecule has 0 aliphatic heterocycles. The molecule has 0 aliphatic carbocycles. The van der Waals surface area contributed by atoms with E-state index in [0.717, 1.165) is 23.6 Å². The molecule has 1 N–H and O–H groups in total. The third-order valence-electron chi connectivity index (χ3n) is 3.02. The van der Waals surface area contributed by atoms with Gasteiger partial charge in [0.25, 0.3) is 0 Å². The Morgan fingerprint density at radius 1 is 1.15 bits per heavy atom. The minimum Gasteiger partial charge on any atom is -0.306 e. The lowest BCUT2D eigenvalue weighted by Crippen LogP contribution is -2.15. The van der Waals surface area contributed by atoms with Crippen molar-refractivity contribution in [2.24, 2.45) is 7.05 Å². The van der Waals surface area contributed by atoms with E-state index in [1.807, 2.05) is 54.3 Å². The van der Waals surface area contributed by atoms with Gasteiger partial charge in [-0.05, 0) is 12.1 Å². The number of nitrogens with one attached hydrogen (secondary N) is 1. The van der Waals surface area contributed by atoms with E-state index < -0.39 is 0 Å². The standard InChI is InChI=1S/C14H16N6/c1-19-10-12(8-17-19)7-15-9-14-18-16-11-20(14)13-5-3-2-4-6-13/h2-6,8,10-11,15H,7,9H2,1H3. The normalized spacial score (nSPS) is 10.8. The fourth-order valence-electron chi connectivity index (χ4n) is 2.07. The minimum absolute atomic E-state index is 0.657. The highest BCUT2D eigenvalue weighted by Crippen LogP contribution is 2.08. The summed E-state index contributed by atoms with van der Waals surface area (Å²) in [6, 6.07) is 10.1. The molecule has 0 amide bonds. The van der Waals surface area contributed by atoms with Crippen LogP contribution in [0, 0.1) is 0 Å². The summed E-state index contributed by atoms with van der Waals surface area (Å²) in [6.07, 6.45) is 5.58. The summed E-state index contributed by atoms with van der Waals surface area (Å²) >= 11 is 0. The van der Waals surface area contributed by atoms with Crippen molar-refractivity contribution >= 4 is 0 Å². The zero-order chi connectivity index (χ0) is 13.8. The zero-order valence-corrected chi connectivity index (χ0v) is 11.3. The molecule has 102 valence electrons. The molecule has 0 bridgehead atoms. The van der Waals surface area contributed by atoms with Gasteiger partial charge in [-0.3, -0.25) is 9.25 Å². The molecular formula is C14H16N6. The molecule has 0 fully saturated rings. The SMILES string of the molecule is Cn1cc(CNCc2nncn2-c2ccccc2)cn1. The first kappa shape index (κ1) is 12.6. The second-order valence-corrected chi connectivity index (χ2v) is 4.58. The summed E-state index contributed by atoms with van der Waals surface area (Å²) in [7, 11) is 1.91. The summed E-state index contributed by atoms with van der Waals surface area (Å²) in [5.74, 6) is 0.889. The second kappa shape index (κ2) is 5.66. The topological polar surface area (TPSA) is 60.6 Å². The van der Waals surface area contributed by atoms with Crippen molar-refractivity contribution in [2.75, 3.05) is 0 Å². The molecule has 20 heavy (non-hydrogen) atoms. The molecule has 0 saturated heterocycles. The molecule has 0 saturated carbocycles. The Labute approximate surface area is 117 Å². The van der Waals surface area contributed by atoms with Gasteiger partial charge in [-0.2, -0.15) is 5.10 Å². The Morgan fingerprint density at radius 2 is 2.00 bits per heavy atom. The Hall–Kier alpha value is -2.47. The molecule has 6 nitrogen and oxygen atoms in total. The van der Waals surface area contributed by atoms with Gasteiger partial charge in [0.05, 0.1) is 12.7 Å². The maximum Gasteiger partial charge on any atom is 0.151 e. The lowest BCUT2D eigenvalue weighted by Gasteiger charge is -2.06. The Morgan fingerprint density at radius 3 is 2.75 bits per heavy atom. The lowest BCUT2D eigenvalue weighted by atomic mass is 10.3.